The van der Waals surface area contributed by atoms with E-state index in [0.29, 0.717) is 5.56 Å². The van der Waals surface area contributed by atoms with E-state index in [1.165, 1.54) is 0 Å². The van der Waals surface area contributed by atoms with Crippen LogP contribution in [0.3, 0.4) is 0 Å². The van der Waals surface area contributed by atoms with Crippen LogP contribution in [0.25, 0.3) is 5.20 Å². The van der Waals surface area contributed by atoms with Crippen molar-refractivity contribution >= 4 is 34.1 Å². The normalized spacial score (nSPS) is 20.0. The molecule has 2 aromatic rings. The summed E-state index contributed by atoms with van der Waals surface area (Å²) < 4.78 is 25.9. The summed E-state index contributed by atoms with van der Waals surface area (Å²) in [5.41, 5.74) is 2.26. The quantitative estimate of drug-likeness (QED) is 0.693. The lowest BCUT2D eigenvalue weighted by atomic mass is 10.1. The summed E-state index contributed by atoms with van der Waals surface area (Å²) in [6.45, 7) is 6.17. The van der Waals surface area contributed by atoms with Crippen molar-refractivity contribution in [2.24, 2.45) is 0 Å². The molecule has 0 N–H and O–H groups in total. The molecule has 0 saturated heterocycles. The summed E-state index contributed by atoms with van der Waals surface area (Å²) in [4.78, 5) is 13.3. The lowest BCUT2D eigenvalue weighted by Crippen LogP contribution is -2.49. The van der Waals surface area contributed by atoms with E-state index in [4.69, 9.17) is 0 Å². The molecule has 0 saturated carbocycles. The largest absolute Gasteiger partial charge is 0.288 e. The van der Waals surface area contributed by atoms with E-state index in [1.54, 1.807) is 12.1 Å². The van der Waals surface area contributed by atoms with Crippen LogP contribution in [0, 0.1) is 6.92 Å². The van der Waals surface area contributed by atoms with E-state index in [1.807, 2.05) is 37.3 Å². The molecule has 2 aliphatic heterocycles. The first-order valence-electron chi connectivity index (χ1n) is 7.51. The molecule has 116 valence electrons. The Morgan fingerprint density at radius 2 is 1.65 bits per heavy atom. The summed E-state index contributed by atoms with van der Waals surface area (Å²) in [5.74, 6) is -0.346. The van der Waals surface area contributed by atoms with E-state index in [-0.39, 0.29) is 15.6 Å². The standard InChI is InChI=1S/C18H16O3SSi/c1-11-8-9-15-13(10-11)16(19)17-18(23(15,2)3)12-6-4-5-7-14(12)22(17,20)21/h4-10H,1-3H3. The minimum absolute atomic E-state index is 0.0217. The lowest BCUT2D eigenvalue weighted by Gasteiger charge is -2.32. The minimum atomic E-state index is -3.72. The van der Waals surface area contributed by atoms with E-state index in [0.717, 1.165) is 21.5 Å². The predicted octanol–water partition coefficient (Wildman–Crippen LogP) is 2.84. The third-order valence-corrected chi connectivity index (χ3v) is 10.5. The second-order valence-electron chi connectivity index (χ2n) is 6.71. The van der Waals surface area contributed by atoms with Gasteiger partial charge in [0.1, 0.15) is 13.0 Å². The number of sulfone groups is 1. The Hall–Kier alpha value is -1.98. The molecular formula is C18H16O3SSi. The van der Waals surface area contributed by atoms with E-state index >= 15 is 0 Å². The lowest BCUT2D eigenvalue weighted by molar-refractivity contribution is 0.104. The molecule has 0 fully saturated rings. The van der Waals surface area contributed by atoms with Crippen molar-refractivity contribution in [3.63, 3.8) is 0 Å². The third kappa shape index (κ3) is 1.69. The fourth-order valence-corrected chi connectivity index (χ4v) is 9.91. The molecule has 2 aliphatic rings. The van der Waals surface area contributed by atoms with Gasteiger partial charge in [-0.25, -0.2) is 8.42 Å². The van der Waals surface area contributed by atoms with Crippen molar-refractivity contribution in [3.8, 4) is 0 Å². The zero-order chi connectivity index (χ0) is 16.6. The number of hydrogen-bond donors (Lipinski definition) is 0. The van der Waals surface area contributed by atoms with Gasteiger partial charge in [0.05, 0.1) is 4.90 Å². The smallest absolute Gasteiger partial charge is 0.210 e. The number of carbonyl (C=O) groups excluding carboxylic acids is 1. The highest BCUT2D eigenvalue weighted by molar-refractivity contribution is 7.97. The van der Waals surface area contributed by atoms with Crippen LogP contribution in [-0.4, -0.2) is 22.3 Å². The number of hydrogen-bond acceptors (Lipinski definition) is 3. The van der Waals surface area contributed by atoms with Gasteiger partial charge in [0.15, 0.2) is 0 Å². The summed E-state index contributed by atoms with van der Waals surface area (Å²) in [6, 6.07) is 12.8. The number of allylic oxidation sites excluding steroid dienone is 1. The van der Waals surface area contributed by atoms with Gasteiger partial charge in [-0.3, -0.25) is 4.79 Å². The highest BCUT2D eigenvalue weighted by Crippen LogP contribution is 2.47. The highest BCUT2D eigenvalue weighted by atomic mass is 32.2. The molecule has 23 heavy (non-hydrogen) atoms. The molecule has 5 heteroatoms. The van der Waals surface area contributed by atoms with Crippen LogP contribution in [-0.2, 0) is 9.84 Å². The maximum atomic E-state index is 13.0. The van der Waals surface area contributed by atoms with Crippen molar-refractivity contribution in [1.82, 2.24) is 0 Å². The van der Waals surface area contributed by atoms with Crippen LogP contribution in [0.4, 0.5) is 0 Å². The van der Waals surface area contributed by atoms with Crippen LogP contribution < -0.4 is 5.19 Å². The molecule has 0 aromatic heterocycles. The third-order valence-electron chi connectivity index (χ3n) is 4.87. The molecule has 0 spiro atoms. The molecular weight excluding hydrogens is 324 g/mol. The zero-order valence-corrected chi connectivity index (χ0v) is 15.0. The molecule has 0 unspecified atom stereocenters. The van der Waals surface area contributed by atoms with Crippen molar-refractivity contribution in [2.75, 3.05) is 0 Å². The van der Waals surface area contributed by atoms with Crippen LogP contribution in [0.5, 0.6) is 0 Å². The van der Waals surface area contributed by atoms with Crippen molar-refractivity contribution in [1.29, 1.82) is 0 Å². The summed E-state index contributed by atoms with van der Waals surface area (Å²) in [6.07, 6.45) is 0. The zero-order valence-electron chi connectivity index (χ0n) is 13.2. The van der Waals surface area contributed by atoms with Crippen LogP contribution in [0.1, 0.15) is 21.5 Å². The van der Waals surface area contributed by atoms with Gasteiger partial charge in [-0.1, -0.05) is 49.0 Å². The maximum absolute atomic E-state index is 13.0. The predicted molar refractivity (Wildman–Crippen MR) is 93.2 cm³/mol. The average molecular weight is 340 g/mol. The van der Waals surface area contributed by atoms with Crippen molar-refractivity contribution in [2.45, 2.75) is 24.9 Å². The summed E-state index contributed by atoms with van der Waals surface area (Å²) in [7, 11) is -5.98. The molecule has 4 rings (SSSR count). The fraction of sp³-hybridized carbons (Fsp3) is 0.167. The Labute approximate surface area is 136 Å². The fourth-order valence-electron chi connectivity index (χ4n) is 3.78. The number of rotatable bonds is 0. The summed E-state index contributed by atoms with van der Waals surface area (Å²) in [5, 5.41) is 1.80. The molecule has 3 nitrogen and oxygen atoms in total. The molecule has 0 atom stereocenters. The first-order chi connectivity index (χ1) is 10.8. The maximum Gasteiger partial charge on any atom is 0.210 e. The number of carbonyl (C=O) groups is 1. The van der Waals surface area contributed by atoms with Crippen molar-refractivity contribution in [3.05, 3.63) is 64.1 Å². The van der Waals surface area contributed by atoms with E-state index in [9.17, 15) is 13.2 Å². The Kier molecular flexibility index (Phi) is 2.73. The van der Waals surface area contributed by atoms with Gasteiger partial charge in [-0.15, -0.1) is 0 Å². The number of Topliss-reactive ketones (excluding diaryl/α,β-unsaturated/α-hetero) is 1. The van der Waals surface area contributed by atoms with Gasteiger partial charge in [-0.05, 0) is 35.0 Å². The summed E-state index contributed by atoms with van der Waals surface area (Å²) >= 11 is 0. The first kappa shape index (κ1) is 14.6. The molecule has 0 radical (unpaired) electrons. The Morgan fingerprint density at radius 3 is 2.39 bits per heavy atom. The van der Waals surface area contributed by atoms with Gasteiger partial charge >= 0.3 is 0 Å². The van der Waals surface area contributed by atoms with Crippen LogP contribution in [0.15, 0.2) is 52.3 Å². The monoisotopic (exact) mass is 340 g/mol. The molecule has 0 bridgehead atoms. The number of aryl methyl sites for hydroxylation is 1. The van der Waals surface area contributed by atoms with Crippen LogP contribution in [0.2, 0.25) is 13.1 Å². The second kappa shape index (κ2) is 4.30. The second-order valence-corrected chi connectivity index (χ2v) is 12.9. The molecule has 2 heterocycles. The minimum Gasteiger partial charge on any atom is -0.288 e. The SMILES string of the molecule is Cc1ccc2c(c1)C(=O)C1=C(c3ccccc3S1(=O)=O)[Si]2(C)C. The van der Waals surface area contributed by atoms with E-state index in [2.05, 4.69) is 13.1 Å². The van der Waals surface area contributed by atoms with Gasteiger partial charge in [0, 0.05) is 5.56 Å². The van der Waals surface area contributed by atoms with Gasteiger partial charge in [-0.2, -0.15) is 0 Å². The number of fused-ring (bicyclic) bond motifs is 3. The number of benzene rings is 2. The molecule has 0 aliphatic carbocycles. The Morgan fingerprint density at radius 1 is 0.957 bits per heavy atom. The average Bonchev–Trinajstić information content (AvgIpc) is 2.74. The van der Waals surface area contributed by atoms with Gasteiger partial charge < -0.3 is 0 Å². The number of ketones is 1. The molecule has 0 amide bonds. The Bertz CT molecular complexity index is 1030. The Balaban J connectivity index is 2.15. The first-order valence-corrected chi connectivity index (χ1v) is 12.0. The van der Waals surface area contributed by atoms with Gasteiger partial charge in [0.2, 0.25) is 15.6 Å². The topological polar surface area (TPSA) is 51.2 Å². The highest BCUT2D eigenvalue weighted by Gasteiger charge is 2.50. The van der Waals surface area contributed by atoms with Crippen LogP contribution >= 0.6 is 0 Å². The van der Waals surface area contributed by atoms with Crippen molar-refractivity contribution < 1.29 is 13.2 Å². The van der Waals surface area contributed by atoms with E-state index < -0.39 is 17.9 Å². The molecule has 2 aromatic carbocycles. The van der Waals surface area contributed by atoms with Gasteiger partial charge in [0.25, 0.3) is 0 Å².